The number of hydrogen-bond donors (Lipinski definition) is 3. The van der Waals surface area contributed by atoms with Crippen LogP contribution in [0.4, 0.5) is 5.69 Å². The molecule has 0 fully saturated rings. The molecule has 0 aliphatic carbocycles. The van der Waals surface area contributed by atoms with Crippen molar-refractivity contribution in [2.75, 3.05) is 17.3 Å². The molecule has 1 aromatic heterocycles. The zero-order chi connectivity index (χ0) is 25.0. The average Bonchev–Trinajstić information content (AvgIpc) is 3.38. The second-order valence-corrected chi connectivity index (χ2v) is 9.13. The molecule has 2 unspecified atom stereocenters. The Morgan fingerprint density at radius 2 is 1.77 bits per heavy atom. The summed E-state index contributed by atoms with van der Waals surface area (Å²) in [5, 5.41) is 4.58. The molecule has 2 atom stereocenters. The van der Waals surface area contributed by atoms with Crippen LogP contribution >= 0.6 is 39.1 Å². The summed E-state index contributed by atoms with van der Waals surface area (Å²) >= 11 is 15.9. The first-order valence-corrected chi connectivity index (χ1v) is 12.8. The molecular formula is C24H25BrCl2N4O4. The van der Waals surface area contributed by atoms with Crippen LogP contribution in [0.2, 0.25) is 10.0 Å². The number of rotatable bonds is 13. The lowest BCUT2D eigenvalue weighted by Crippen LogP contribution is -2.42. The van der Waals surface area contributed by atoms with Gasteiger partial charge in [0.2, 0.25) is 0 Å². The van der Waals surface area contributed by atoms with E-state index >= 15 is 0 Å². The zero-order valence-electron chi connectivity index (χ0n) is 18.7. The third-order valence-corrected chi connectivity index (χ3v) is 6.15. The lowest BCUT2D eigenvalue weighted by molar-refractivity contribution is -0.161. The number of alkyl halides is 1. The molecule has 0 aliphatic rings. The van der Waals surface area contributed by atoms with Crippen molar-refractivity contribution in [3.05, 3.63) is 82.4 Å². The van der Waals surface area contributed by atoms with Gasteiger partial charge < -0.3 is 19.9 Å². The Bertz CT molecular complexity index is 1070. The second kappa shape index (κ2) is 14.1. The van der Waals surface area contributed by atoms with Gasteiger partial charge in [0.05, 0.1) is 28.7 Å². The molecule has 3 N–H and O–H groups in total. The number of imidazole rings is 1. The number of aromatic nitrogens is 2. The number of carbonyl (C=O) groups is 2. The number of aromatic amines is 1. The maximum atomic E-state index is 13.2. The normalized spacial score (nSPS) is 12.5. The molecule has 8 nitrogen and oxygen atoms in total. The van der Waals surface area contributed by atoms with E-state index in [-0.39, 0.29) is 13.0 Å². The third-order valence-electron chi connectivity index (χ3n) is 4.96. The number of unbranched alkanes of at least 4 members (excludes halogenated alkanes) is 1. The van der Waals surface area contributed by atoms with E-state index in [0.29, 0.717) is 33.4 Å². The molecule has 186 valence electrons. The maximum absolute atomic E-state index is 13.2. The van der Waals surface area contributed by atoms with Gasteiger partial charge >= 0.3 is 11.9 Å². The molecule has 0 saturated carbocycles. The number of hydrogen-bond acceptors (Lipinski definition) is 7. The van der Waals surface area contributed by atoms with Crippen LogP contribution in [0.3, 0.4) is 0 Å². The van der Waals surface area contributed by atoms with Crippen LogP contribution in [0.5, 0.6) is 0 Å². The van der Waals surface area contributed by atoms with E-state index < -0.39 is 24.0 Å². The Kier molecular flexibility index (Phi) is 10.9. The first kappa shape index (κ1) is 27.0. The molecule has 11 heteroatoms. The predicted octanol–water partition coefficient (Wildman–Crippen LogP) is 5.25. The molecule has 0 radical (unpaired) electrons. The standard InChI is InChI=1S/C24H25BrCl2N4O4/c25-11-4-5-12-34-23(32)20(13-17-14-28-15-29-17)31-35-24(33)21(16-7-2-1-3-8-16)30-22-18(26)9-6-10-19(22)27/h1-3,6-10,14-15,20-21,30-31H,4-5,11-13H2,(H,28,29). The fourth-order valence-corrected chi connectivity index (χ4v) is 4.05. The average molecular weight is 584 g/mol. The highest BCUT2D eigenvalue weighted by molar-refractivity contribution is 9.09. The summed E-state index contributed by atoms with van der Waals surface area (Å²) in [4.78, 5) is 38.2. The minimum Gasteiger partial charge on any atom is -0.464 e. The Balaban J connectivity index is 1.74. The Morgan fingerprint density at radius 3 is 2.43 bits per heavy atom. The summed E-state index contributed by atoms with van der Waals surface area (Å²) in [6.45, 7) is 0.263. The molecule has 0 aliphatic heterocycles. The van der Waals surface area contributed by atoms with Crippen LogP contribution in [0.15, 0.2) is 61.1 Å². The summed E-state index contributed by atoms with van der Waals surface area (Å²) in [5.74, 6) is -1.23. The summed E-state index contributed by atoms with van der Waals surface area (Å²) in [5.41, 5.74) is 4.27. The summed E-state index contributed by atoms with van der Waals surface area (Å²) in [6.07, 6.45) is 4.86. The van der Waals surface area contributed by atoms with E-state index in [4.69, 9.17) is 32.8 Å². The number of benzene rings is 2. The molecule has 2 aromatic carbocycles. The lowest BCUT2D eigenvalue weighted by Gasteiger charge is -2.22. The largest absolute Gasteiger partial charge is 0.464 e. The van der Waals surface area contributed by atoms with E-state index in [9.17, 15) is 9.59 Å². The first-order chi connectivity index (χ1) is 17.0. The molecule has 35 heavy (non-hydrogen) atoms. The van der Waals surface area contributed by atoms with Crippen molar-refractivity contribution in [2.24, 2.45) is 0 Å². The van der Waals surface area contributed by atoms with Crippen molar-refractivity contribution < 1.29 is 19.2 Å². The van der Waals surface area contributed by atoms with Crippen LogP contribution in [-0.2, 0) is 25.6 Å². The van der Waals surface area contributed by atoms with Gasteiger partial charge in [-0.2, -0.15) is 0 Å². The van der Waals surface area contributed by atoms with E-state index in [2.05, 4.69) is 36.7 Å². The Morgan fingerprint density at radius 1 is 1.03 bits per heavy atom. The van der Waals surface area contributed by atoms with Gasteiger partial charge in [0.1, 0.15) is 6.04 Å². The molecule has 0 spiro atoms. The summed E-state index contributed by atoms with van der Waals surface area (Å²) in [7, 11) is 0. The highest BCUT2D eigenvalue weighted by Crippen LogP contribution is 2.33. The number of halogens is 3. The van der Waals surface area contributed by atoms with Crippen molar-refractivity contribution in [1.82, 2.24) is 15.4 Å². The fourth-order valence-electron chi connectivity index (χ4n) is 3.15. The summed E-state index contributed by atoms with van der Waals surface area (Å²) < 4.78 is 5.36. The molecule has 3 rings (SSSR count). The molecule has 0 saturated heterocycles. The SMILES string of the molecule is O=C(OCCCCBr)C(Cc1cnc[nH]1)NOC(=O)C(Nc1c(Cl)cccc1Cl)c1ccccc1. The van der Waals surface area contributed by atoms with E-state index in [1.165, 1.54) is 6.33 Å². The van der Waals surface area contributed by atoms with Gasteiger partial charge in [-0.25, -0.2) is 9.78 Å². The fraction of sp³-hybridized carbons (Fsp3) is 0.292. The minimum atomic E-state index is -0.955. The van der Waals surface area contributed by atoms with E-state index in [1.807, 2.05) is 6.07 Å². The lowest BCUT2D eigenvalue weighted by atomic mass is 10.1. The van der Waals surface area contributed by atoms with Crippen LogP contribution in [0, 0.1) is 0 Å². The quantitative estimate of drug-likeness (QED) is 0.109. The molecule has 3 aromatic rings. The Labute approximate surface area is 221 Å². The van der Waals surface area contributed by atoms with E-state index in [0.717, 1.165) is 11.8 Å². The van der Waals surface area contributed by atoms with Crippen molar-refractivity contribution in [1.29, 1.82) is 0 Å². The van der Waals surface area contributed by atoms with Crippen LogP contribution < -0.4 is 10.8 Å². The number of nitrogens with zero attached hydrogens (tertiary/aromatic N) is 1. The van der Waals surface area contributed by atoms with Gasteiger partial charge in [-0.1, -0.05) is 75.5 Å². The first-order valence-electron chi connectivity index (χ1n) is 10.9. The van der Waals surface area contributed by atoms with Crippen LogP contribution in [0.1, 0.15) is 30.1 Å². The Hall–Kier alpha value is -2.59. The predicted molar refractivity (Wildman–Crippen MR) is 139 cm³/mol. The van der Waals surface area contributed by atoms with Crippen molar-refractivity contribution in [3.8, 4) is 0 Å². The van der Waals surface area contributed by atoms with Crippen molar-refractivity contribution in [2.45, 2.75) is 31.3 Å². The van der Waals surface area contributed by atoms with Crippen molar-refractivity contribution >= 4 is 56.8 Å². The summed E-state index contributed by atoms with van der Waals surface area (Å²) in [6, 6.07) is 12.1. The number of carbonyl (C=O) groups excluding carboxylic acids is 2. The molecule has 1 heterocycles. The van der Waals surface area contributed by atoms with Gasteiger partial charge in [-0.3, -0.25) is 4.79 Å². The highest BCUT2D eigenvalue weighted by Gasteiger charge is 2.28. The van der Waals surface area contributed by atoms with E-state index in [1.54, 1.807) is 48.7 Å². The second-order valence-electron chi connectivity index (χ2n) is 7.52. The number of H-pyrrole nitrogens is 1. The number of nitrogens with one attached hydrogen (secondary N) is 3. The maximum Gasteiger partial charge on any atom is 0.351 e. The molecule has 0 amide bonds. The highest BCUT2D eigenvalue weighted by atomic mass is 79.9. The topological polar surface area (TPSA) is 105 Å². The minimum absolute atomic E-state index is 0.185. The number of hydroxylamine groups is 1. The number of esters is 1. The number of ether oxygens (including phenoxy) is 1. The number of para-hydroxylation sites is 1. The van der Waals surface area contributed by atoms with Gasteiger partial charge in [-0.05, 0) is 30.5 Å². The zero-order valence-corrected chi connectivity index (χ0v) is 21.8. The monoisotopic (exact) mass is 582 g/mol. The van der Waals surface area contributed by atoms with Gasteiger partial charge in [0.15, 0.2) is 6.04 Å². The van der Waals surface area contributed by atoms with Crippen molar-refractivity contribution in [3.63, 3.8) is 0 Å². The van der Waals surface area contributed by atoms with Gasteiger partial charge in [0.25, 0.3) is 0 Å². The van der Waals surface area contributed by atoms with Crippen LogP contribution in [-0.4, -0.2) is 39.9 Å². The molecule has 0 bridgehead atoms. The number of anilines is 1. The molecular weight excluding hydrogens is 559 g/mol. The van der Waals surface area contributed by atoms with Crippen LogP contribution in [0.25, 0.3) is 0 Å². The third kappa shape index (κ3) is 8.24. The van der Waals surface area contributed by atoms with Gasteiger partial charge in [-0.15, -0.1) is 5.48 Å². The smallest absolute Gasteiger partial charge is 0.351 e. The van der Waals surface area contributed by atoms with Gasteiger partial charge in [0, 0.05) is 23.6 Å².